The molecule has 0 unspecified atom stereocenters. The first kappa shape index (κ1) is 11.1. The molecule has 14 heavy (non-hydrogen) atoms. The molecule has 0 amide bonds. The second-order valence-electron chi connectivity index (χ2n) is 2.86. The Balaban J connectivity index is 2.95. The fraction of sp³-hybridized carbons (Fsp3) is 0.364. The van der Waals surface area contributed by atoms with Crippen molar-refractivity contribution in [1.82, 2.24) is 0 Å². The molecule has 0 atom stereocenters. The van der Waals surface area contributed by atoms with Gasteiger partial charge < -0.3 is 9.53 Å². The molecule has 1 aromatic carbocycles. The highest BCUT2D eigenvalue weighted by Gasteiger charge is 2.07. The standard InChI is InChI=1S/C11H14O2S/c1-13-11-9(6-4-8-12)5-3-7-10(11)14-2/h3,5,7-8H,4,6H2,1-2H3. The average molecular weight is 210 g/mol. The number of ether oxygens (including phenoxy) is 1. The molecule has 0 saturated carbocycles. The Kier molecular flexibility index (Phi) is 4.53. The molecule has 0 N–H and O–H groups in total. The molecule has 0 heterocycles. The largest absolute Gasteiger partial charge is 0.495 e. The van der Waals surface area contributed by atoms with Crippen molar-refractivity contribution in [2.24, 2.45) is 0 Å². The minimum atomic E-state index is 0.550. The van der Waals surface area contributed by atoms with Gasteiger partial charge in [-0.3, -0.25) is 0 Å². The summed E-state index contributed by atoms with van der Waals surface area (Å²) in [6.45, 7) is 0. The maximum atomic E-state index is 10.3. The molecular formula is C11H14O2S. The monoisotopic (exact) mass is 210 g/mol. The van der Waals surface area contributed by atoms with Crippen molar-refractivity contribution in [1.29, 1.82) is 0 Å². The fourth-order valence-electron chi connectivity index (χ4n) is 1.36. The van der Waals surface area contributed by atoms with Crippen molar-refractivity contribution < 1.29 is 9.53 Å². The third kappa shape index (κ3) is 2.51. The summed E-state index contributed by atoms with van der Waals surface area (Å²) >= 11 is 1.65. The molecule has 0 saturated heterocycles. The van der Waals surface area contributed by atoms with E-state index in [1.165, 1.54) is 0 Å². The van der Waals surface area contributed by atoms with Gasteiger partial charge in [-0.2, -0.15) is 0 Å². The van der Waals surface area contributed by atoms with Gasteiger partial charge in [0.05, 0.1) is 7.11 Å². The van der Waals surface area contributed by atoms with E-state index in [9.17, 15) is 4.79 Å². The van der Waals surface area contributed by atoms with E-state index in [0.717, 1.165) is 28.9 Å². The minimum absolute atomic E-state index is 0.550. The van der Waals surface area contributed by atoms with E-state index < -0.39 is 0 Å². The van der Waals surface area contributed by atoms with Crippen LogP contribution in [0.25, 0.3) is 0 Å². The van der Waals surface area contributed by atoms with E-state index in [2.05, 4.69) is 0 Å². The summed E-state index contributed by atoms with van der Waals surface area (Å²) in [5.74, 6) is 0.904. The number of rotatable bonds is 5. The van der Waals surface area contributed by atoms with Crippen LogP contribution >= 0.6 is 11.8 Å². The smallest absolute Gasteiger partial charge is 0.135 e. The summed E-state index contributed by atoms with van der Waals surface area (Å²) < 4.78 is 5.33. The van der Waals surface area contributed by atoms with Crippen LogP contribution in [0.2, 0.25) is 0 Å². The number of carbonyl (C=O) groups excluding carboxylic acids is 1. The number of hydrogen-bond acceptors (Lipinski definition) is 3. The van der Waals surface area contributed by atoms with Crippen molar-refractivity contribution >= 4 is 18.0 Å². The summed E-state index contributed by atoms with van der Waals surface area (Å²) in [4.78, 5) is 11.4. The van der Waals surface area contributed by atoms with Crippen molar-refractivity contribution in [2.45, 2.75) is 17.7 Å². The van der Waals surface area contributed by atoms with Crippen LogP contribution < -0.4 is 4.74 Å². The number of aldehydes is 1. The molecule has 1 rings (SSSR count). The number of methoxy groups -OCH3 is 1. The Morgan fingerprint density at radius 3 is 2.86 bits per heavy atom. The van der Waals surface area contributed by atoms with Crippen LogP contribution in [0.1, 0.15) is 12.0 Å². The van der Waals surface area contributed by atoms with Crippen LogP contribution in [0.3, 0.4) is 0 Å². The molecular weight excluding hydrogens is 196 g/mol. The van der Waals surface area contributed by atoms with Crippen LogP contribution in [0.4, 0.5) is 0 Å². The van der Waals surface area contributed by atoms with E-state index in [1.54, 1.807) is 18.9 Å². The lowest BCUT2D eigenvalue weighted by molar-refractivity contribution is -0.107. The Morgan fingerprint density at radius 2 is 2.29 bits per heavy atom. The molecule has 1 aromatic rings. The van der Waals surface area contributed by atoms with Gasteiger partial charge in [-0.1, -0.05) is 12.1 Å². The normalized spacial score (nSPS) is 9.86. The Bertz CT molecular complexity index is 310. The zero-order valence-electron chi connectivity index (χ0n) is 8.45. The summed E-state index contributed by atoms with van der Waals surface area (Å²) in [5.41, 5.74) is 1.10. The highest BCUT2D eigenvalue weighted by atomic mass is 32.2. The predicted molar refractivity (Wildman–Crippen MR) is 59.2 cm³/mol. The van der Waals surface area contributed by atoms with E-state index in [1.807, 2.05) is 24.5 Å². The SMILES string of the molecule is COc1c(CCC=O)cccc1SC. The molecule has 3 heteroatoms. The van der Waals surface area contributed by atoms with Gasteiger partial charge in [-0.05, 0) is 24.3 Å². The van der Waals surface area contributed by atoms with E-state index in [0.29, 0.717) is 6.42 Å². The lowest BCUT2D eigenvalue weighted by Crippen LogP contribution is -1.94. The first-order valence-corrected chi connectivity index (χ1v) is 5.69. The summed E-state index contributed by atoms with van der Waals surface area (Å²) in [6, 6.07) is 6.02. The molecule has 0 aliphatic rings. The topological polar surface area (TPSA) is 26.3 Å². The van der Waals surface area contributed by atoms with Crippen LogP contribution in [-0.4, -0.2) is 19.7 Å². The quantitative estimate of drug-likeness (QED) is 0.552. The van der Waals surface area contributed by atoms with Gasteiger partial charge in [0.1, 0.15) is 12.0 Å². The third-order valence-electron chi connectivity index (χ3n) is 2.02. The van der Waals surface area contributed by atoms with Gasteiger partial charge in [0.2, 0.25) is 0 Å². The first-order chi connectivity index (χ1) is 6.83. The zero-order valence-corrected chi connectivity index (χ0v) is 9.26. The highest BCUT2D eigenvalue weighted by molar-refractivity contribution is 7.98. The van der Waals surface area contributed by atoms with E-state index in [-0.39, 0.29) is 0 Å². The lowest BCUT2D eigenvalue weighted by Gasteiger charge is -2.10. The first-order valence-electron chi connectivity index (χ1n) is 4.47. The molecule has 0 fully saturated rings. The Labute approximate surface area is 88.7 Å². The van der Waals surface area contributed by atoms with Gasteiger partial charge >= 0.3 is 0 Å². The molecule has 0 aliphatic carbocycles. The number of hydrogen-bond donors (Lipinski definition) is 0. The van der Waals surface area contributed by atoms with Gasteiger partial charge in [0.25, 0.3) is 0 Å². The van der Waals surface area contributed by atoms with Crippen molar-refractivity contribution in [2.75, 3.05) is 13.4 Å². The molecule has 0 bridgehead atoms. The van der Waals surface area contributed by atoms with Crippen LogP contribution in [0.15, 0.2) is 23.1 Å². The molecule has 0 radical (unpaired) electrons. The van der Waals surface area contributed by atoms with Crippen LogP contribution in [0, 0.1) is 0 Å². The third-order valence-corrected chi connectivity index (χ3v) is 2.78. The maximum absolute atomic E-state index is 10.3. The number of para-hydroxylation sites is 1. The number of thioether (sulfide) groups is 1. The molecule has 2 nitrogen and oxygen atoms in total. The van der Waals surface area contributed by atoms with Crippen molar-refractivity contribution in [3.63, 3.8) is 0 Å². The van der Waals surface area contributed by atoms with Gasteiger partial charge in [-0.15, -0.1) is 11.8 Å². The summed E-state index contributed by atoms with van der Waals surface area (Å²) in [5, 5.41) is 0. The zero-order chi connectivity index (χ0) is 10.4. The number of carbonyl (C=O) groups is 1. The van der Waals surface area contributed by atoms with Crippen LogP contribution in [0.5, 0.6) is 5.75 Å². The van der Waals surface area contributed by atoms with Crippen molar-refractivity contribution in [3.05, 3.63) is 23.8 Å². The molecule has 0 aromatic heterocycles. The van der Waals surface area contributed by atoms with E-state index in [4.69, 9.17) is 4.74 Å². The van der Waals surface area contributed by atoms with Crippen LogP contribution in [-0.2, 0) is 11.2 Å². The minimum Gasteiger partial charge on any atom is -0.495 e. The molecule has 0 spiro atoms. The fourth-order valence-corrected chi connectivity index (χ4v) is 1.98. The van der Waals surface area contributed by atoms with Gasteiger partial charge in [0, 0.05) is 11.3 Å². The summed E-state index contributed by atoms with van der Waals surface area (Å²) in [6.07, 6.45) is 4.25. The predicted octanol–water partition coefficient (Wildman–Crippen LogP) is 2.55. The Morgan fingerprint density at radius 1 is 1.50 bits per heavy atom. The average Bonchev–Trinajstić information content (AvgIpc) is 2.25. The molecule has 76 valence electrons. The maximum Gasteiger partial charge on any atom is 0.135 e. The van der Waals surface area contributed by atoms with Crippen molar-refractivity contribution in [3.8, 4) is 5.75 Å². The van der Waals surface area contributed by atoms with E-state index >= 15 is 0 Å². The van der Waals surface area contributed by atoms with Gasteiger partial charge in [0.15, 0.2) is 0 Å². The Hall–Kier alpha value is -0.960. The number of aryl methyl sites for hydroxylation is 1. The van der Waals surface area contributed by atoms with Gasteiger partial charge in [-0.25, -0.2) is 0 Å². The highest BCUT2D eigenvalue weighted by Crippen LogP contribution is 2.31. The second-order valence-corrected chi connectivity index (χ2v) is 3.71. The lowest BCUT2D eigenvalue weighted by atomic mass is 10.1. The molecule has 0 aliphatic heterocycles. The number of benzene rings is 1. The second kappa shape index (κ2) is 5.70. The summed E-state index contributed by atoms with van der Waals surface area (Å²) in [7, 11) is 1.67.